The molecule has 2 aromatic rings. The van der Waals surface area contributed by atoms with Gasteiger partial charge in [0.25, 0.3) is 11.8 Å². The highest BCUT2D eigenvalue weighted by Gasteiger charge is 2.38. The number of imide groups is 1. The van der Waals surface area contributed by atoms with Gasteiger partial charge in [-0.2, -0.15) is 0 Å². The number of halogens is 1. The number of nitrogens with zero attached hydrogens (tertiary/aromatic N) is 1. The fourth-order valence-corrected chi connectivity index (χ4v) is 2.90. The lowest BCUT2D eigenvalue weighted by atomic mass is 10.0. The summed E-state index contributed by atoms with van der Waals surface area (Å²) in [5, 5.41) is 3.73. The van der Waals surface area contributed by atoms with Gasteiger partial charge in [-0.15, -0.1) is 0 Å². The van der Waals surface area contributed by atoms with E-state index < -0.39 is 0 Å². The standard InChI is InChI=1S/C19H17ClN2O2/c1-3-22-18(23)16(13-8-5-4-6-9-13)17(19(22)24)21-15-11-7-10-14(20)12(15)2/h4-11,21H,3H2,1-2H3. The predicted octanol–water partition coefficient (Wildman–Crippen LogP) is 3.86. The molecule has 0 aromatic heterocycles. The summed E-state index contributed by atoms with van der Waals surface area (Å²) in [7, 11) is 0. The summed E-state index contributed by atoms with van der Waals surface area (Å²) in [6, 6.07) is 14.6. The maximum Gasteiger partial charge on any atom is 0.278 e. The molecule has 0 saturated carbocycles. The average molecular weight is 341 g/mol. The van der Waals surface area contributed by atoms with Gasteiger partial charge in [-0.3, -0.25) is 14.5 Å². The minimum Gasteiger partial charge on any atom is -0.350 e. The van der Waals surface area contributed by atoms with Gasteiger partial charge in [0.1, 0.15) is 5.70 Å². The fourth-order valence-electron chi connectivity index (χ4n) is 2.73. The van der Waals surface area contributed by atoms with E-state index in [-0.39, 0.29) is 11.8 Å². The van der Waals surface area contributed by atoms with Gasteiger partial charge in [-0.1, -0.05) is 48.0 Å². The van der Waals surface area contributed by atoms with Crippen molar-refractivity contribution in [3.8, 4) is 0 Å². The molecule has 2 aromatic carbocycles. The van der Waals surface area contributed by atoms with E-state index >= 15 is 0 Å². The fraction of sp³-hybridized carbons (Fsp3) is 0.158. The highest BCUT2D eigenvalue weighted by atomic mass is 35.5. The van der Waals surface area contributed by atoms with Crippen molar-refractivity contribution in [1.82, 2.24) is 4.90 Å². The Labute approximate surface area is 145 Å². The van der Waals surface area contributed by atoms with Crippen LogP contribution in [0.15, 0.2) is 54.2 Å². The van der Waals surface area contributed by atoms with Crippen LogP contribution >= 0.6 is 11.6 Å². The van der Waals surface area contributed by atoms with Crippen LogP contribution in [0.1, 0.15) is 18.1 Å². The molecular formula is C19H17ClN2O2. The zero-order valence-corrected chi connectivity index (χ0v) is 14.2. The first-order chi connectivity index (χ1) is 11.5. The molecule has 5 heteroatoms. The summed E-state index contributed by atoms with van der Waals surface area (Å²) in [5.41, 5.74) is 2.94. The SMILES string of the molecule is CCN1C(=O)C(Nc2cccc(Cl)c2C)=C(c2ccccc2)C1=O. The summed E-state index contributed by atoms with van der Waals surface area (Å²) in [6.07, 6.45) is 0. The molecular weight excluding hydrogens is 324 g/mol. The molecule has 1 N–H and O–H groups in total. The third-order valence-corrected chi connectivity index (χ3v) is 4.48. The third kappa shape index (κ3) is 2.69. The molecule has 0 radical (unpaired) electrons. The average Bonchev–Trinajstić information content (AvgIpc) is 2.82. The molecule has 24 heavy (non-hydrogen) atoms. The van der Waals surface area contributed by atoms with Crippen LogP contribution in [0.4, 0.5) is 5.69 Å². The van der Waals surface area contributed by atoms with E-state index in [1.54, 1.807) is 19.1 Å². The molecule has 1 aliphatic heterocycles. The number of likely N-dealkylation sites (N-methyl/N-ethyl adjacent to an activating group) is 1. The van der Waals surface area contributed by atoms with Crippen LogP contribution in [0, 0.1) is 6.92 Å². The van der Waals surface area contributed by atoms with Crippen molar-refractivity contribution in [1.29, 1.82) is 0 Å². The Morgan fingerprint density at radius 3 is 2.38 bits per heavy atom. The van der Waals surface area contributed by atoms with Gasteiger partial charge in [-0.25, -0.2) is 0 Å². The molecule has 3 rings (SSSR count). The first-order valence-electron chi connectivity index (χ1n) is 7.72. The normalized spacial score (nSPS) is 14.5. The van der Waals surface area contributed by atoms with Crippen molar-refractivity contribution in [2.45, 2.75) is 13.8 Å². The topological polar surface area (TPSA) is 49.4 Å². The molecule has 0 atom stereocenters. The molecule has 4 nitrogen and oxygen atoms in total. The number of carbonyl (C=O) groups excluding carboxylic acids is 2. The second-order valence-electron chi connectivity index (χ2n) is 5.51. The summed E-state index contributed by atoms with van der Waals surface area (Å²) >= 11 is 6.16. The van der Waals surface area contributed by atoms with Crippen LogP contribution in [-0.2, 0) is 9.59 Å². The van der Waals surface area contributed by atoms with E-state index in [0.717, 1.165) is 5.56 Å². The Kier molecular flexibility index (Phi) is 4.40. The number of nitrogens with one attached hydrogen (secondary N) is 1. The Balaban J connectivity index is 2.12. The minimum absolute atomic E-state index is 0.282. The lowest BCUT2D eigenvalue weighted by molar-refractivity contribution is -0.136. The summed E-state index contributed by atoms with van der Waals surface area (Å²) < 4.78 is 0. The first kappa shape index (κ1) is 16.3. The van der Waals surface area contributed by atoms with Gasteiger partial charge >= 0.3 is 0 Å². The molecule has 1 heterocycles. The van der Waals surface area contributed by atoms with Gasteiger partial charge in [-0.05, 0) is 37.1 Å². The van der Waals surface area contributed by atoms with Crippen LogP contribution in [0.25, 0.3) is 5.57 Å². The van der Waals surface area contributed by atoms with Gasteiger partial charge in [0.05, 0.1) is 5.57 Å². The second-order valence-corrected chi connectivity index (χ2v) is 5.92. The molecule has 0 unspecified atom stereocenters. The van der Waals surface area contributed by atoms with Crippen molar-refractivity contribution in [2.24, 2.45) is 0 Å². The summed E-state index contributed by atoms with van der Waals surface area (Å²) in [4.78, 5) is 26.6. The third-order valence-electron chi connectivity index (χ3n) is 4.07. The molecule has 0 spiro atoms. The maximum atomic E-state index is 12.7. The highest BCUT2D eigenvalue weighted by Crippen LogP contribution is 2.32. The van der Waals surface area contributed by atoms with Crippen LogP contribution in [0.2, 0.25) is 5.02 Å². The van der Waals surface area contributed by atoms with Crippen LogP contribution in [0.5, 0.6) is 0 Å². The molecule has 2 amide bonds. The lowest BCUT2D eigenvalue weighted by Crippen LogP contribution is -2.32. The monoisotopic (exact) mass is 340 g/mol. The largest absolute Gasteiger partial charge is 0.350 e. The van der Waals surface area contributed by atoms with Crippen molar-refractivity contribution >= 4 is 34.7 Å². The molecule has 0 saturated heterocycles. The summed E-state index contributed by atoms with van der Waals surface area (Å²) in [5.74, 6) is -0.600. The number of rotatable bonds is 4. The molecule has 0 aliphatic carbocycles. The van der Waals surface area contributed by atoms with Crippen molar-refractivity contribution in [2.75, 3.05) is 11.9 Å². The number of hydrogen-bond donors (Lipinski definition) is 1. The quantitative estimate of drug-likeness (QED) is 0.860. The van der Waals surface area contributed by atoms with Crippen molar-refractivity contribution < 1.29 is 9.59 Å². The Bertz CT molecular complexity index is 844. The van der Waals surface area contributed by atoms with Crippen LogP contribution in [-0.4, -0.2) is 23.3 Å². The minimum atomic E-state index is -0.319. The molecule has 0 bridgehead atoms. The Morgan fingerprint density at radius 2 is 1.71 bits per heavy atom. The zero-order chi connectivity index (χ0) is 17.3. The number of hydrogen-bond acceptors (Lipinski definition) is 3. The number of anilines is 1. The Hall–Kier alpha value is -2.59. The van der Waals surface area contributed by atoms with E-state index in [1.165, 1.54) is 4.90 Å². The van der Waals surface area contributed by atoms with Gasteiger partial charge in [0.15, 0.2) is 0 Å². The summed E-state index contributed by atoms with van der Waals surface area (Å²) in [6.45, 7) is 3.98. The van der Waals surface area contributed by atoms with E-state index in [1.807, 2.05) is 43.3 Å². The zero-order valence-electron chi connectivity index (χ0n) is 13.5. The molecule has 0 fully saturated rings. The van der Waals surface area contributed by atoms with E-state index in [4.69, 9.17) is 11.6 Å². The van der Waals surface area contributed by atoms with Gasteiger partial charge < -0.3 is 5.32 Å². The molecule has 1 aliphatic rings. The van der Waals surface area contributed by atoms with E-state index in [9.17, 15) is 9.59 Å². The van der Waals surface area contributed by atoms with E-state index in [0.29, 0.717) is 34.1 Å². The molecule has 122 valence electrons. The maximum absolute atomic E-state index is 12.7. The van der Waals surface area contributed by atoms with Crippen molar-refractivity contribution in [3.05, 3.63) is 70.4 Å². The number of amides is 2. The van der Waals surface area contributed by atoms with Crippen LogP contribution < -0.4 is 5.32 Å². The lowest BCUT2D eigenvalue weighted by Gasteiger charge is -2.13. The second kappa shape index (κ2) is 6.49. The Morgan fingerprint density at radius 1 is 1.00 bits per heavy atom. The highest BCUT2D eigenvalue weighted by molar-refractivity contribution is 6.36. The van der Waals surface area contributed by atoms with Crippen molar-refractivity contribution in [3.63, 3.8) is 0 Å². The smallest absolute Gasteiger partial charge is 0.278 e. The van der Waals surface area contributed by atoms with E-state index in [2.05, 4.69) is 5.32 Å². The number of benzene rings is 2. The van der Waals surface area contributed by atoms with Gasteiger partial charge in [0, 0.05) is 17.3 Å². The van der Waals surface area contributed by atoms with Gasteiger partial charge in [0.2, 0.25) is 0 Å². The number of carbonyl (C=O) groups is 2. The first-order valence-corrected chi connectivity index (χ1v) is 8.10. The predicted molar refractivity (Wildman–Crippen MR) is 95.6 cm³/mol. The van der Waals surface area contributed by atoms with Crippen LogP contribution in [0.3, 0.4) is 0 Å².